The van der Waals surface area contributed by atoms with Crippen LogP contribution in [0.4, 0.5) is 10.1 Å². The summed E-state index contributed by atoms with van der Waals surface area (Å²) in [5, 5.41) is 4.44. The number of rotatable bonds is 3. The molecule has 3 rings (SSSR count). The van der Waals surface area contributed by atoms with Gasteiger partial charge in [-0.2, -0.15) is 5.10 Å². The molecule has 0 amide bonds. The van der Waals surface area contributed by atoms with Crippen molar-refractivity contribution in [2.75, 3.05) is 12.8 Å². The van der Waals surface area contributed by atoms with E-state index in [-0.39, 0.29) is 5.82 Å². The van der Waals surface area contributed by atoms with Gasteiger partial charge in [-0.05, 0) is 30.3 Å². The van der Waals surface area contributed by atoms with Crippen molar-refractivity contribution < 1.29 is 9.13 Å². The van der Waals surface area contributed by atoms with E-state index in [0.29, 0.717) is 17.1 Å². The zero-order chi connectivity index (χ0) is 14.8. The largest absolute Gasteiger partial charge is 0.497 e. The van der Waals surface area contributed by atoms with Crippen LogP contribution in [0.3, 0.4) is 0 Å². The summed E-state index contributed by atoms with van der Waals surface area (Å²) in [5.41, 5.74) is 8.65. The van der Waals surface area contributed by atoms with Gasteiger partial charge in [0.2, 0.25) is 0 Å². The van der Waals surface area contributed by atoms with Gasteiger partial charge in [-0.25, -0.2) is 9.07 Å². The van der Waals surface area contributed by atoms with Gasteiger partial charge in [0.15, 0.2) is 0 Å². The third kappa shape index (κ3) is 2.58. The van der Waals surface area contributed by atoms with Crippen LogP contribution in [0.5, 0.6) is 5.75 Å². The van der Waals surface area contributed by atoms with Crippen molar-refractivity contribution in [3.63, 3.8) is 0 Å². The van der Waals surface area contributed by atoms with E-state index in [4.69, 9.17) is 10.5 Å². The maximum atomic E-state index is 13.3. The van der Waals surface area contributed by atoms with Gasteiger partial charge < -0.3 is 10.5 Å². The molecule has 0 aliphatic rings. The first-order valence-electron chi connectivity index (χ1n) is 6.43. The molecule has 4 nitrogen and oxygen atoms in total. The third-order valence-electron chi connectivity index (χ3n) is 3.16. The molecule has 0 radical (unpaired) electrons. The fourth-order valence-corrected chi connectivity index (χ4v) is 2.13. The first kappa shape index (κ1) is 13.2. The molecule has 0 saturated carbocycles. The minimum absolute atomic E-state index is 0.315. The topological polar surface area (TPSA) is 53.1 Å². The summed E-state index contributed by atoms with van der Waals surface area (Å²) in [6, 6.07) is 13.7. The van der Waals surface area contributed by atoms with Crippen molar-refractivity contribution in [2.24, 2.45) is 0 Å². The summed E-state index contributed by atoms with van der Waals surface area (Å²) in [6.45, 7) is 0. The number of nitrogen functional groups attached to an aromatic ring is 1. The minimum atomic E-state index is -0.315. The van der Waals surface area contributed by atoms with Gasteiger partial charge in [-0.15, -0.1) is 0 Å². The number of hydrogen-bond donors (Lipinski definition) is 1. The number of nitrogens with two attached hydrogens (primary N) is 1. The molecule has 0 aliphatic carbocycles. The van der Waals surface area contributed by atoms with Crippen LogP contribution in [-0.4, -0.2) is 16.9 Å². The quantitative estimate of drug-likeness (QED) is 0.802. The van der Waals surface area contributed by atoms with E-state index in [0.717, 1.165) is 11.3 Å². The molecule has 5 heteroatoms. The van der Waals surface area contributed by atoms with Gasteiger partial charge in [0.25, 0.3) is 0 Å². The summed E-state index contributed by atoms with van der Waals surface area (Å²) >= 11 is 0. The lowest BCUT2D eigenvalue weighted by Crippen LogP contribution is -1.95. The minimum Gasteiger partial charge on any atom is -0.497 e. The molecule has 0 aliphatic heterocycles. The lowest BCUT2D eigenvalue weighted by atomic mass is 10.1. The van der Waals surface area contributed by atoms with Gasteiger partial charge in [0.1, 0.15) is 17.3 Å². The molecule has 0 unspecified atom stereocenters. The molecular weight excluding hydrogens is 269 g/mol. The Balaban J connectivity index is 2.05. The molecule has 2 N–H and O–H groups in total. The Morgan fingerprint density at radius 2 is 1.95 bits per heavy atom. The van der Waals surface area contributed by atoms with E-state index in [1.165, 1.54) is 12.1 Å². The molecule has 106 valence electrons. The Labute approximate surface area is 121 Å². The smallest absolute Gasteiger partial charge is 0.125 e. The highest BCUT2D eigenvalue weighted by Gasteiger charge is 2.10. The Morgan fingerprint density at radius 3 is 2.71 bits per heavy atom. The van der Waals surface area contributed by atoms with E-state index in [9.17, 15) is 4.39 Å². The van der Waals surface area contributed by atoms with Crippen LogP contribution in [0.25, 0.3) is 16.9 Å². The van der Waals surface area contributed by atoms with E-state index in [1.807, 2.05) is 24.3 Å². The van der Waals surface area contributed by atoms with Crippen molar-refractivity contribution in [1.82, 2.24) is 9.78 Å². The van der Waals surface area contributed by atoms with Crippen molar-refractivity contribution >= 4 is 5.69 Å². The van der Waals surface area contributed by atoms with Crippen molar-refractivity contribution in [3.05, 3.63) is 60.5 Å². The zero-order valence-corrected chi connectivity index (χ0v) is 11.5. The average molecular weight is 283 g/mol. The molecule has 3 aromatic rings. The van der Waals surface area contributed by atoms with Crippen molar-refractivity contribution in [1.29, 1.82) is 0 Å². The van der Waals surface area contributed by atoms with Gasteiger partial charge in [0.05, 0.1) is 24.7 Å². The second kappa shape index (κ2) is 5.28. The second-order valence-electron chi connectivity index (χ2n) is 4.59. The molecule has 21 heavy (non-hydrogen) atoms. The molecule has 0 fully saturated rings. The van der Waals surface area contributed by atoms with Crippen LogP contribution in [0, 0.1) is 5.82 Å². The van der Waals surface area contributed by atoms with Gasteiger partial charge >= 0.3 is 0 Å². The number of anilines is 1. The lowest BCUT2D eigenvalue weighted by molar-refractivity contribution is 0.415. The average Bonchev–Trinajstić information content (AvgIpc) is 2.89. The molecule has 0 bridgehead atoms. The molecule has 0 atom stereocenters. The first-order chi connectivity index (χ1) is 10.2. The Kier molecular flexibility index (Phi) is 3.31. The fourth-order valence-electron chi connectivity index (χ4n) is 2.13. The maximum absolute atomic E-state index is 13.3. The number of nitrogens with zero attached hydrogens (tertiary/aromatic N) is 2. The van der Waals surface area contributed by atoms with Crippen LogP contribution in [0.2, 0.25) is 0 Å². The highest BCUT2D eigenvalue weighted by molar-refractivity contribution is 5.73. The van der Waals surface area contributed by atoms with Crippen LogP contribution in [0.1, 0.15) is 0 Å². The Morgan fingerprint density at radius 1 is 1.14 bits per heavy atom. The van der Waals surface area contributed by atoms with E-state index in [1.54, 1.807) is 30.1 Å². The summed E-state index contributed by atoms with van der Waals surface area (Å²) in [6.07, 6.45) is 1.67. The van der Waals surface area contributed by atoms with Gasteiger partial charge in [-0.3, -0.25) is 0 Å². The molecular formula is C16H14FN3O. The Hall–Kier alpha value is -2.82. The molecule has 1 aromatic heterocycles. The first-order valence-corrected chi connectivity index (χ1v) is 6.43. The second-order valence-corrected chi connectivity index (χ2v) is 4.59. The predicted molar refractivity (Wildman–Crippen MR) is 79.9 cm³/mol. The number of halogens is 1. The fraction of sp³-hybridized carbons (Fsp3) is 0.0625. The number of hydrogen-bond acceptors (Lipinski definition) is 3. The summed E-state index contributed by atoms with van der Waals surface area (Å²) < 4.78 is 20.1. The van der Waals surface area contributed by atoms with Gasteiger partial charge in [0, 0.05) is 5.56 Å². The standard InChI is InChI=1S/C16H14FN3O/c1-21-14-7-2-4-11(8-14)16-15(18)10-20(19-16)13-6-3-5-12(17)9-13/h2-10H,18H2,1H3. The number of methoxy groups -OCH3 is 1. The van der Waals surface area contributed by atoms with Gasteiger partial charge in [-0.1, -0.05) is 18.2 Å². The van der Waals surface area contributed by atoms with E-state index < -0.39 is 0 Å². The molecule has 1 heterocycles. The van der Waals surface area contributed by atoms with Crippen molar-refractivity contribution in [2.45, 2.75) is 0 Å². The zero-order valence-electron chi connectivity index (χ0n) is 11.5. The lowest BCUT2D eigenvalue weighted by Gasteiger charge is -2.03. The highest BCUT2D eigenvalue weighted by Crippen LogP contribution is 2.28. The van der Waals surface area contributed by atoms with Crippen LogP contribution in [-0.2, 0) is 0 Å². The van der Waals surface area contributed by atoms with Crippen LogP contribution < -0.4 is 10.5 Å². The van der Waals surface area contributed by atoms with Crippen molar-refractivity contribution in [3.8, 4) is 22.7 Å². The number of aromatic nitrogens is 2. The molecule has 0 saturated heterocycles. The molecule has 0 spiro atoms. The Bertz CT molecular complexity index is 783. The SMILES string of the molecule is COc1cccc(-c2nn(-c3cccc(F)c3)cc2N)c1. The summed E-state index contributed by atoms with van der Waals surface area (Å²) in [7, 11) is 1.60. The number of benzene rings is 2. The predicted octanol–water partition coefficient (Wildman–Crippen LogP) is 3.27. The van der Waals surface area contributed by atoms with E-state index in [2.05, 4.69) is 5.10 Å². The molecule has 2 aromatic carbocycles. The van der Waals surface area contributed by atoms with E-state index >= 15 is 0 Å². The monoisotopic (exact) mass is 283 g/mol. The summed E-state index contributed by atoms with van der Waals surface area (Å²) in [4.78, 5) is 0. The maximum Gasteiger partial charge on any atom is 0.125 e. The van der Waals surface area contributed by atoms with Crippen LogP contribution in [0.15, 0.2) is 54.7 Å². The third-order valence-corrected chi connectivity index (χ3v) is 3.16. The highest BCUT2D eigenvalue weighted by atomic mass is 19.1. The van der Waals surface area contributed by atoms with Crippen LogP contribution >= 0.6 is 0 Å². The number of ether oxygens (including phenoxy) is 1. The normalized spacial score (nSPS) is 10.6. The summed E-state index contributed by atoms with van der Waals surface area (Å²) in [5.74, 6) is 0.414.